The first-order chi connectivity index (χ1) is 32.1. The van der Waals surface area contributed by atoms with E-state index in [9.17, 15) is 0 Å². The van der Waals surface area contributed by atoms with Crippen molar-refractivity contribution in [2.75, 3.05) is 4.90 Å². The summed E-state index contributed by atoms with van der Waals surface area (Å²) in [5, 5.41) is 2.25. The molecular weight excluding hydrogens is 787 g/mol. The van der Waals surface area contributed by atoms with Gasteiger partial charge in [0.05, 0.1) is 11.1 Å². The zero-order valence-corrected chi connectivity index (χ0v) is 35.9. The largest absolute Gasteiger partial charge is 0.456 e. The van der Waals surface area contributed by atoms with E-state index >= 15 is 0 Å². The summed E-state index contributed by atoms with van der Waals surface area (Å²) in [6.45, 7) is 2.39. The van der Waals surface area contributed by atoms with Crippen LogP contribution in [0.25, 0.3) is 55.3 Å². The van der Waals surface area contributed by atoms with Crippen LogP contribution in [0.4, 0.5) is 17.1 Å². The molecule has 13 rings (SSSR count). The standard InChI is InChI=1S/C63H43NO/c1-62(43-21-5-2-6-22-43)53-32-14-11-28-49(53)52-41-47(38-39-54(52)62)64(46-27-17-20-42(40-46)48-31-18-37-59-60(48)51-30-13-16-36-58(51)65-59)57-35-19-34-56-61(57)50-29-12-15-33-55(50)63(56,44-23-7-3-8-24-44)45-25-9-4-10-26-45/h2-41H,1H3. The molecule has 65 heavy (non-hydrogen) atoms. The average Bonchev–Trinajstić information content (AvgIpc) is 4.00. The highest BCUT2D eigenvalue weighted by molar-refractivity contribution is 6.12. The molecular formula is C63H43NO. The lowest BCUT2D eigenvalue weighted by Gasteiger charge is -2.34. The predicted octanol–water partition coefficient (Wildman–Crippen LogP) is 16.4. The van der Waals surface area contributed by atoms with E-state index in [-0.39, 0.29) is 5.41 Å². The van der Waals surface area contributed by atoms with E-state index in [4.69, 9.17) is 4.42 Å². The molecule has 1 heterocycles. The van der Waals surface area contributed by atoms with Crippen molar-refractivity contribution in [3.05, 3.63) is 282 Å². The van der Waals surface area contributed by atoms with Crippen molar-refractivity contribution in [2.24, 2.45) is 0 Å². The van der Waals surface area contributed by atoms with E-state index in [0.29, 0.717) is 0 Å². The van der Waals surface area contributed by atoms with Crippen LogP contribution < -0.4 is 4.90 Å². The third-order valence-corrected chi connectivity index (χ3v) is 14.4. The smallest absolute Gasteiger partial charge is 0.136 e. The van der Waals surface area contributed by atoms with Gasteiger partial charge in [0.2, 0.25) is 0 Å². The van der Waals surface area contributed by atoms with Crippen LogP contribution >= 0.6 is 0 Å². The van der Waals surface area contributed by atoms with E-state index in [0.717, 1.165) is 50.1 Å². The summed E-state index contributed by atoms with van der Waals surface area (Å²) in [5.41, 5.74) is 20.5. The lowest BCUT2D eigenvalue weighted by Crippen LogP contribution is -2.28. The lowest BCUT2D eigenvalue weighted by molar-refractivity contribution is 0.669. The Bertz CT molecular complexity index is 3580. The number of anilines is 3. The van der Waals surface area contributed by atoms with Gasteiger partial charge in [-0.2, -0.15) is 0 Å². The Morgan fingerprint density at radius 3 is 1.69 bits per heavy atom. The van der Waals surface area contributed by atoms with Gasteiger partial charge in [-0.15, -0.1) is 0 Å². The number of benzene rings is 10. The molecule has 306 valence electrons. The molecule has 0 saturated carbocycles. The molecule has 0 spiro atoms. The van der Waals surface area contributed by atoms with Crippen molar-refractivity contribution in [3.8, 4) is 33.4 Å². The van der Waals surface area contributed by atoms with Crippen molar-refractivity contribution < 1.29 is 4.42 Å². The van der Waals surface area contributed by atoms with Crippen LogP contribution in [0.3, 0.4) is 0 Å². The quantitative estimate of drug-likeness (QED) is 0.159. The van der Waals surface area contributed by atoms with Gasteiger partial charge < -0.3 is 9.32 Å². The molecule has 2 aliphatic carbocycles. The Morgan fingerprint density at radius 1 is 0.369 bits per heavy atom. The maximum atomic E-state index is 6.42. The minimum absolute atomic E-state index is 0.305. The second-order valence-electron chi connectivity index (χ2n) is 17.7. The molecule has 2 aliphatic rings. The average molecular weight is 830 g/mol. The second-order valence-corrected chi connectivity index (χ2v) is 17.7. The topological polar surface area (TPSA) is 16.4 Å². The van der Waals surface area contributed by atoms with Gasteiger partial charge in [0.1, 0.15) is 11.2 Å². The first-order valence-corrected chi connectivity index (χ1v) is 22.6. The molecule has 10 aromatic carbocycles. The Kier molecular flexibility index (Phi) is 8.29. The lowest BCUT2D eigenvalue weighted by atomic mass is 9.68. The molecule has 1 aromatic heterocycles. The van der Waals surface area contributed by atoms with Gasteiger partial charge in [-0.05, 0) is 116 Å². The molecule has 0 aliphatic heterocycles. The van der Waals surface area contributed by atoms with Crippen LogP contribution in [-0.2, 0) is 10.8 Å². The van der Waals surface area contributed by atoms with Gasteiger partial charge in [-0.3, -0.25) is 0 Å². The molecule has 1 atom stereocenters. The van der Waals surface area contributed by atoms with Crippen LogP contribution in [0.5, 0.6) is 0 Å². The molecule has 2 nitrogen and oxygen atoms in total. The molecule has 0 saturated heterocycles. The second kappa shape index (κ2) is 14.4. The minimum Gasteiger partial charge on any atom is -0.456 e. The summed E-state index contributed by atoms with van der Waals surface area (Å²) in [5.74, 6) is 0. The Hall–Kier alpha value is -8.20. The fourth-order valence-corrected chi connectivity index (χ4v) is 11.6. The normalized spacial score (nSPS) is 15.3. The Labute approximate surface area is 379 Å². The summed E-state index contributed by atoms with van der Waals surface area (Å²) < 4.78 is 6.42. The first kappa shape index (κ1) is 37.4. The number of fused-ring (bicyclic) bond motifs is 9. The van der Waals surface area contributed by atoms with Crippen molar-refractivity contribution >= 4 is 39.0 Å². The van der Waals surface area contributed by atoms with Gasteiger partial charge >= 0.3 is 0 Å². The molecule has 1 unspecified atom stereocenters. The van der Waals surface area contributed by atoms with Crippen molar-refractivity contribution in [2.45, 2.75) is 17.8 Å². The maximum Gasteiger partial charge on any atom is 0.136 e. The van der Waals surface area contributed by atoms with Crippen LogP contribution in [0.15, 0.2) is 247 Å². The van der Waals surface area contributed by atoms with E-state index in [1.807, 2.05) is 6.07 Å². The fraction of sp³-hybridized carbons (Fsp3) is 0.0476. The third-order valence-electron chi connectivity index (χ3n) is 14.4. The summed E-state index contributed by atoms with van der Waals surface area (Å²) in [4.78, 5) is 2.51. The molecule has 2 heteroatoms. The zero-order chi connectivity index (χ0) is 43.1. The number of furan rings is 1. The zero-order valence-electron chi connectivity index (χ0n) is 35.9. The van der Waals surface area contributed by atoms with Crippen LogP contribution in [-0.4, -0.2) is 0 Å². The van der Waals surface area contributed by atoms with E-state index in [1.165, 1.54) is 61.2 Å². The number of nitrogens with zero attached hydrogens (tertiary/aromatic N) is 1. The van der Waals surface area contributed by atoms with Crippen molar-refractivity contribution in [1.82, 2.24) is 0 Å². The summed E-state index contributed by atoms with van der Waals surface area (Å²) in [7, 11) is 0. The highest BCUT2D eigenvalue weighted by atomic mass is 16.3. The predicted molar refractivity (Wildman–Crippen MR) is 269 cm³/mol. The Morgan fingerprint density at radius 2 is 0.923 bits per heavy atom. The highest BCUT2D eigenvalue weighted by Gasteiger charge is 2.47. The third kappa shape index (κ3) is 5.35. The fourth-order valence-electron chi connectivity index (χ4n) is 11.6. The van der Waals surface area contributed by atoms with Gasteiger partial charge in [0, 0.05) is 33.1 Å². The highest BCUT2D eigenvalue weighted by Crippen LogP contribution is 2.60. The van der Waals surface area contributed by atoms with Gasteiger partial charge in [-0.25, -0.2) is 0 Å². The van der Waals surface area contributed by atoms with Gasteiger partial charge in [0.15, 0.2) is 0 Å². The SMILES string of the molecule is CC1(c2ccccc2)c2ccccc2-c2cc(N(c3cccc(-c4cccc5oc6ccccc6c45)c3)c3cccc4c3-c3ccccc3C4(c3ccccc3)c3ccccc3)ccc21. The van der Waals surface area contributed by atoms with Gasteiger partial charge in [-0.1, -0.05) is 200 Å². The molecule has 0 fully saturated rings. The number of hydrogen-bond donors (Lipinski definition) is 0. The number of hydrogen-bond acceptors (Lipinski definition) is 2. The molecule has 0 N–H and O–H groups in total. The van der Waals surface area contributed by atoms with E-state index in [2.05, 4.69) is 248 Å². The van der Waals surface area contributed by atoms with E-state index in [1.54, 1.807) is 0 Å². The Balaban J connectivity index is 1.10. The first-order valence-electron chi connectivity index (χ1n) is 22.6. The summed E-state index contributed by atoms with van der Waals surface area (Å²) in [6, 6.07) is 89.2. The number of rotatable bonds is 7. The summed E-state index contributed by atoms with van der Waals surface area (Å²) >= 11 is 0. The van der Waals surface area contributed by atoms with Crippen molar-refractivity contribution in [1.29, 1.82) is 0 Å². The van der Waals surface area contributed by atoms with Crippen LogP contribution in [0, 0.1) is 0 Å². The summed E-state index contributed by atoms with van der Waals surface area (Å²) in [6.07, 6.45) is 0. The molecule has 0 bridgehead atoms. The van der Waals surface area contributed by atoms with Crippen LogP contribution in [0.2, 0.25) is 0 Å². The van der Waals surface area contributed by atoms with Gasteiger partial charge in [0.25, 0.3) is 0 Å². The number of para-hydroxylation sites is 1. The molecule has 0 radical (unpaired) electrons. The maximum absolute atomic E-state index is 6.42. The molecule has 0 amide bonds. The monoisotopic (exact) mass is 829 g/mol. The van der Waals surface area contributed by atoms with Crippen LogP contribution in [0.1, 0.15) is 45.9 Å². The van der Waals surface area contributed by atoms with E-state index < -0.39 is 5.41 Å². The van der Waals surface area contributed by atoms with Crippen molar-refractivity contribution in [3.63, 3.8) is 0 Å². The molecule has 11 aromatic rings. The minimum atomic E-state index is -0.537.